The molecule has 1 aromatic heterocycles. The van der Waals surface area contributed by atoms with E-state index in [2.05, 4.69) is 20.8 Å². The maximum absolute atomic E-state index is 13.3. The molecule has 0 aliphatic heterocycles. The molecule has 2 N–H and O–H groups in total. The lowest BCUT2D eigenvalue weighted by molar-refractivity contribution is -0.117. The molecule has 2 aromatic carbocycles. The number of amides is 3. The lowest BCUT2D eigenvalue weighted by atomic mass is 10.2. The van der Waals surface area contributed by atoms with E-state index < -0.39 is 11.9 Å². The maximum Gasteiger partial charge on any atom is 0.321 e. The average molecular weight is 442 g/mol. The van der Waals surface area contributed by atoms with Gasteiger partial charge in [0, 0.05) is 12.1 Å². The number of urea groups is 1. The van der Waals surface area contributed by atoms with Crippen LogP contribution in [0, 0.1) is 11.7 Å². The summed E-state index contributed by atoms with van der Waals surface area (Å²) in [4.78, 5) is 23.9. The normalized spacial score (nSPS) is 10.8. The molecule has 7 nitrogen and oxygen atoms in total. The lowest BCUT2D eigenvalue weighted by Crippen LogP contribution is -2.41. The van der Waals surface area contributed by atoms with Crippen molar-refractivity contribution in [2.45, 2.75) is 25.5 Å². The molecule has 0 atom stereocenters. The lowest BCUT2D eigenvalue weighted by Gasteiger charge is -2.11. The summed E-state index contributed by atoms with van der Waals surface area (Å²) in [7, 11) is 0. The summed E-state index contributed by atoms with van der Waals surface area (Å²) in [5, 5.41) is 14.0. The first kappa shape index (κ1) is 22.5. The van der Waals surface area contributed by atoms with Gasteiger partial charge in [-0.05, 0) is 35.7 Å². The second-order valence-electron chi connectivity index (χ2n) is 7.33. The van der Waals surface area contributed by atoms with Crippen molar-refractivity contribution in [3.05, 3.63) is 66.0 Å². The van der Waals surface area contributed by atoms with E-state index >= 15 is 0 Å². The number of hydrogen-bond acceptors (Lipinski definition) is 5. The molecule has 3 rings (SSSR count). The number of nitrogens with zero attached hydrogens (tertiary/aromatic N) is 3. The van der Waals surface area contributed by atoms with Gasteiger partial charge in [-0.1, -0.05) is 55.9 Å². The van der Waals surface area contributed by atoms with Crippen LogP contribution in [-0.2, 0) is 11.3 Å². The second-order valence-corrected chi connectivity index (χ2v) is 8.27. The molecule has 162 valence electrons. The van der Waals surface area contributed by atoms with Crippen LogP contribution in [0.15, 0.2) is 59.8 Å². The third-order valence-corrected chi connectivity index (χ3v) is 5.23. The van der Waals surface area contributed by atoms with Crippen LogP contribution in [-0.4, -0.2) is 39.0 Å². The van der Waals surface area contributed by atoms with Gasteiger partial charge in [0.05, 0.1) is 12.3 Å². The smallest absolute Gasteiger partial charge is 0.321 e. The van der Waals surface area contributed by atoms with Crippen molar-refractivity contribution in [2.75, 3.05) is 12.3 Å². The van der Waals surface area contributed by atoms with Crippen LogP contribution < -0.4 is 10.6 Å². The second kappa shape index (κ2) is 10.7. The number of carbonyl (C=O) groups is 2. The summed E-state index contributed by atoms with van der Waals surface area (Å²) in [6.07, 6.45) is 0. The Kier molecular flexibility index (Phi) is 7.77. The first-order chi connectivity index (χ1) is 14.9. The van der Waals surface area contributed by atoms with Gasteiger partial charge in [-0.15, -0.1) is 10.2 Å². The summed E-state index contributed by atoms with van der Waals surface area (Å²) in [6.45, 7) is 4.91. The predicted molar refractivity (Wildman–Crippen MR) is 118 cm³/mol. The molecule has 31 heavy (non-hydrogen) atoms. The number of benzene rings is 2. The van der Waals surface area contributed by atoms with E-state index in [1.165, 1.54) is 23.9 Å². The molecule has 0 saturated heterocycles. The molecule has 0 saturated carbocycles. The molecule has 0 radical (unpaired) electrons. The number of carbonyl (C=O) groups excluding carboxylic acids is 2. The third-order valence-electron chi connectivity index (χ3n) is 4.26. The van der Waals surface area contributed by atoms with Crippen LogP contribution in [0.5, 0.6) is 0 Å². The van der Waals surface area contributed by atoms with Gasteiger partial charge in [-0.25, -0.2) is 9.18 Å². The maximum atomic E-state index is 13.3. The van der Waals surface area contributed by atoms with Gasteiger partial charge in [-0.2, -0.15) is 0 Å². The number of thioether (sulfide) groups is 1. The van der Waals surface area contributed by atoms with Gasteiger partial charge in [0.1, 0.15) is 5.82 Å². The van der Waals surface area contributed by atoms with E-state index in [0.717, 1.165) is 5.56 Å². The van der Waals surface area contributed by atoms with Crippen molar-refractivity contribution in [1.82, 2.24) is 25.4 Å². The topological polar surface area (TPSA) is 88.9 Å². The highest BCUT2D eigenvalue weighted by molar-refractivity contribution is 7.99. The van der Waals surface area contributed by atoms with Crippen molar-refractivity contribution in [3.8, 4) is 11.4 Å². The Hall–Kier alpha value is -3.20. The zero-order valence-electron chi connectivity index (χ0n) is 17.3. The average Bonchev–Trinajstić information content (AvgIpc) is 3.14. The highest BCUT2D eigenvalue weighted by Gasteiger charge is 2.17. The van der Waals surface area contributed by atoms with Gasteiger partial charge < -0.3 is 5.32 Å². The number of imide groups is 1. The number of aromatic nitrogens is 3. The summed E-state index contributed by atoms with van der Waals surface area (Å²) >= 11 is 1.18. The molecule has 3 aromatic rings. The number of hydrogen-bond donors (Lipinski definition) is 2. The van der Waals surface area contributed by atoms with E-state index in [1.54, 1.807) is 12.1 Å². The molecule has 0 bridgehead atoms. The molecule has 3 amide bonds. The Morgan fingerprint density at radius 3 is 2.45 bits per heavy atom. The molecule has 0 fully saturated rings. The molecule has 0 spiro atoms. The number of nitrogens with one attached hydrogen (secondary N) is 2. The summed E-state index contributed by atoms with van der Waals surface area (Å²) in [5.74, 6) is 0.104. The van der Waals surface area contributed by atoms with E-state index in [9.17, 15) is 14.0 Å². The van der Waals surface area contributed by atoms with Crippen molar-refractivity contribution >= 4 is 23.7 Å². The Morgan fingerprint density at radius 1 is 1.06 bits per heavy atom. The highest BCUT2D eigenvalue weighted by atomic mass is 32.2. The molecule has 0 unspecified atom stereocenters. The molecule has 9 heteroatoms. The minimum atomic E-state index is -0.517. The third kappa shape index (κ3) is 6.65. The largest absolute Gasteiger partial charge is 0.338 e. The number of halogens is 1. The minimum Gasteiger partial charge on any atom is -0.338 e. The minimum absolute atomic E-state index is 0.00540. The standard InChI is InChI=1S/C22H24FN5O2S/c1-15(2)12-24-21(30)25-19(29)14-31-22-27-26-20(17-8-10-18(23)11-9-17)28(22)13-16-6-4-3-5-7-16/h3-11,15H,12-14H2,1-2H3,(H2,24,25,29,30). The molecule has 0 aliphatic rings. The van der Waals surface area contributed by atoms with Crippen LogP contribution in [0.1, 0.15) is 19.4 Å². The van der Waals surface area contributed by atoms with Crippen LogP contribution >= 0.6 is 11.8 Å². The monoisotopic (exact) mass is 441 g/mol. The Morgan fingerprint density at radius 2 is 1.77 bits per heavy atom. The van der Waals surface area contributed by atoms with Crippen LogP contribution in [0.4, 0.5) is 9.18 Å². The molecule has 0 aliphatic carbocycles. The van der Waals surface area contributed by atoms with Crippen LogP contribution in [0.25, 0.3) is 11.4 Å². The fourth-order valence-electron chi connectivity index (χ4n) is 2.75. The summed E-state index contributed by atoms with van der Waals surface area (Å²) in [6, 6.07) is 15.3. The highest BCUT2D eigenvalue weighted by Crippen LogP contribution is 2.25. The van der Waals surface area contributed by atoms with Crippen LogP contribution in [0.3, 0.4) is 0 Å². The van der Waals surface area contributed by atoms with Gasteiger partial charge in [0.2, 0.25) is 5.91 Å². The van der Waals surface area contributed by atoms with E-state index in [-0.39, 0.29) is 17.5 Å². The number of rotatable bonds is 8. The Balaban J connectivity index is 1.74. The molecule has 1 heterocycles. The molecular weight excluding hydrogens is 417 g/mol. The summed E-state index contributed by atoms with van der Waals surface area (Å²) in [5.41, 5.74) is 1.75. The molecular formula is C22H24FN5O2S. The van der Waals surface area contributed by atoms with Gasteiger partial charge in [0.25, 0.3) is 0 Å². The fourth-order valence-corrected chi connectivity index (χ4v) is 3.49. The van der Waals surface area contributed by atoms with Gasteiger partial charge in [0.15, 0.2) is 11.0 Å². The van der Waals surface area contributed by atoms with E-state index in [4.69, 9.17) is 0 Å². The SMILES string of the molecule is CC(C)CNC(=O)NC(=O)CSc1nnc(-c2ccc(F)cc2)n1Cc1ccccc1. The van der Waals surface area contributed by atoms with Crippen molar-refractivity contribution in [1.29, 1.82) is 0 Å². The van der Waals surface area contributed by atoms with E-state index in [1.807, 2.05) is 48.7 Å². The summed E-state index contributed by atoms with van der Waals surface area (Å²) < 4.78 is 15.2. The zero-order chi connectivity index (χ0) is 22.2. The van der Waals surface area contributed by atoms with Gasteiger partial charge in [-0.3, -0.25) is 14.7 Å². The van der Waals surface area contributed by atoms with Crippen molar-refractivity contribution < 1.29 is 14.0 Å². The van der Waals surface area contributed by atoms with Crippen LogP contribution in [0.2, 0.25) is 0 Å². The predicted octanol–water partition coefficient (Wildman–Crippen LogP) is 3.71. The first-order valence-electron chi connectivity index (χ1n) is 9.86. The fraction of sp³-hybridized carbons (Fsp3) is 0.273. The quantitative estimate of drug-likeness (QED) is 0.520. The van der Waals surface area contributed by atoms with Crippen molar-refractivity contribution in [3.63, 3.8) is 0 Å². The van der Waals surface area contributed by atoms with Gasteiger partial charge >= 0.3 is 6.03 Å². The van der Waals surface area contributed by atoms with E-state index in [0.29, 0.717) is 29.6 Å². The van der Waals surface area contributed by atoms with Crippen molar-refractivity contribution in [2.24, 2.45) is 5.92 Å². The first-order valence-corrected chi connectivity index (χ1v) is 10.8. The Bertz CT molecular complexity index is 1020. The zero-order valence-corrected chi connectivity index (χ0v) is 18.2. The Labute approximate surface area is 184 Å².